The Bertz CT molecular complexity index is 2530. The highest BCUT2D eigenvalue weighted by Crippen LogP contribution is 2.44. The zero-order chi connectivity index (χ0) is 44.7. The lowest BCUT2D eigenvalue weighted by atomic mass is 9.92. The molecule has 3 aliphatic heterocycles. The van der Waals surface area contributed by atoms with Gasteiger partial charge in [-0.1, -0.05) is 52.3 Å². The Morgan fingerprint density at radius 2 is 1.65 bits per heavy atom. The third kappa shape index (κ3) is 8.28. The number of alkyl carbamates (subject to hydrolysis) is 2. The van der Waals surface area contributed by atoms with Crippen LogP contribution in [0.4, 0.5) is 9.59 Å². The first-order chi connectivity index (χ1) is 30.3. The topological polar surface area (TPSA) is 193 Å². The van der Waals surface area contributed by atoms with E-state index in [-0.39, 0.29) is 47.7 Å². The molecular weight excluding hydrogens is 805 g/mol. The van der Waals surface area contributed by atoms with Crippen molar-refractivity contribution in [1.29, 1.82) is 0 Å². The van der Waals surface area contributed by atoms with Gasteiger partial charge in [-0.25, -0.2) is 19.6 Å². The molecule has 3 aliphatic rings. The van der Waals surface area contributed by atoms with Crippen LogP contribution >= 0.6 is 0 Å². The number of nitrogens with zero attached hydrogens (tertiary/aromatic N) is 4. The standard InChI is InChI=1S/C47H58N8O8/c1-9-25(4)40(53-47(59)62-8)45(57)55-26(5)10-15-36(55)43-49-34-14-12-28-18-33-31-13-11-29(17-30(31)23-63-38(33)19-32(28)41(34)51-43)35-20-48-42(50-35)37-16-27(22-60-6)21-54(37)44(56)39(24(2)3)52-46(58)61-7/h11-14,17-20,24-27,36-37,39-40H,9-10,15-16,21-23H2,1-8H3,(H,48,50)(H,49,51)(H,52,58)(H,53,59)/t25-,26-,27-,36?,37?,39-,40-/m0/s1. The molecule has 16 heteroatoms. The number of carbonyl (C=O) groups excluding carboxylic acids is 4. The number of likely N-dealkylation sites (tertiary alicyclic amines) is 2. The third-order valence-electron chi connectivity index (χ3n) is 13.2. The Labute approximate surface area is 366 Å². The highest BCUT2D eigenvalue weighted by molar-refractivity contribution is 6.07. The van der Waals surface area contributed by atoms with Crippen LogP contribution in [0.1, 0.15) is 89.6 Å². The summed E-state index contributed by atoms with van der Waals surface area (Å²) in [7, 11) is 4.24. The first kappa shape index (κ1) is 43.5. The predicted molar refractivity (Wildman–Crippen MR) is 237 cm³/mol. The number of methoxy groups -OCH3 is 3. The van der Waals surface area contributed by atoms with Crippen LogP contribution in [0.25, 0.3) is 44.2 Å². The Kier molecular flexibility index (Phi) is 12.4. The van der Waals surface area contributed by atoms with E-state index in [4.69, 9.17) is 28.9 Å². The minimum Gasteiger partial charge on any atom is -0.488 e. The molecule has 4 amide bonds. The van der Waals surface area contributed by atoms with Gasteiger partial charge >= 0.3 is 12.2 Å². The van der Waals surface area contributed by atoms with Gasteiger partial charge < -0.3 is 49.3 Å². The van der Waals surface area contributed by atoms with Gasteiger partial charge in [-0.3, -0.25) is 9.59 Å². The highest BCUT2D eigenvalue weighted by atomic mass is 16.5. The average Bonchev–Trinajstić information content (AvgIpc) is 4.11. The second kappa shape index (κ2) is 17.9. The average molecular weight is 863 g/mol. The van der Waals surface area contributed by atoms with E-state index in [1.165, 1.54) is 14.2 Å². The zero-order valence-electron chi connectivity index (χ0n) is 37.2. The SMILES string of the molecule is CC[C@H](C)[C@H](NC(=O)OC)C(=O)N1C(c2nc3c(ccc4cc5c(cc43)OCc3cc(-c4cnc(C6C[C@H](COC)CN6C(=O)[C@@H](NC(=O)OC)C(C)C)[nH]4)ccc3-5)[nH]2)CC[C@@H]1C. The van der Waals surface area contributed by atoms with E-state index in [0.717, 1.165) is 68.3 Å². The molecule has 16 nitrogen and oxygen atoms in total. The zero-order valence-corrected chi connectivity index (χ0v) is 37.2. The monoisotopic (exact) mass is 862 g/mol. The molecule has 2 saturated heterocycles. The minimum absolute atomic E-state index is 0.0298. The number of fused-ring (bicyclic) bond motifs is 6. The summed E-state index contributed by atoms with van der Waals surface area (Å²) in [6.45, 7) is 11.1. The lowest BCUT2D eigenvalue weighted by Crippen LogP contribution is -2.53. The summed E-state index contributed by atoms with van der Waals surface area (Å²) in [6, 6.07) is 12.5. The molecule has 3 aromatic carbocycles. The molecule has 63 heavy (non-hydrogen) atoms. The van der Waals surface area contributed by atoms with Crippen molar-refractivity contribution >= 4 is 45.8 Å². The molecule has 0 saturated carbocycles. The Hall–Kier alpha value is -6.16. The number of aromatic nitrogens is 4. The van der Waals surface area contributed by atoms with E-state index < -0.39 is 24.3 Å². The van der Waals surface area contributed by atoms with E-state index in [0.29, 0.717) is 44.2 Å². The van der Waals surface area contributed by atoms with Crippen LogP contribution in [0.3, 0.4) is 0 Å². The molecule has 5 aromatic rings. The minimum atomic E-state index is -0.755. The van der Waals surface area contributed by atoms with E-state index in [2.05, 4.69) is 57.0 Å². The fourth-order valence-electron chi connectivity index (χ4n) is 9.60. The number of hydrogen-bond acceptors (Lipinski definition) is 10. The van der Waals surface area contributed by atoms with Gasteiger partial charge in [0.05, 0.1) is 55.8 Å². The lowest BCUT2D eigenvalue weighted by Gasteiger charge is -2.33. The van der Waals surface area contributed by atoms with Crippen LogP contribution in [-0.4, -0.2) is 106 Å². The molecule has 2 aromatic heterocycles. The van der Waals surface area contributed by atoms with Crippen LogP contribution in [0.2, 0.25) is 0 Å². The fourth-order valence-corrected chi connectivity index (χ4v) is 9.60. The highest BCUT2D eigenvalue weighted by Gasteiger charge is 2.43. The number of H-pyrrole nitrogens is 2. The molecule has 0 radical (unpaired) electrons. The molecule has 7 atom stereocenters. The maximum atomic E-state index is 14.1. The van der Waals surface area contributed by atoms with Gasteiger partial charge in [0.15, 0.2) is 0 Å². The summed E-state index contributed by atoms with van der Waals surface area (Å²) in [6.07, 6.45) is 3.47. The Morgan fingerprint density at radius 3 is 2.37 bits per heavy atom. The van der Waals surface area contributed by atoms with Crippen molar-refractivity contribution < 1.29 is 38.1 Å². The summed E-state index contributed by atoms with van der Waals surface area (Å²) in [5.74, 6) is 1.68. The van der Waals surface area contributed by atoms with Crippen LogP contribution in [-0.2, 0) is 30.4 Å². The van der Waals surface area contributed by atoms with Crippen molar-refractivity contribution in [2.75, 3.05) is 34.5 Å². The van der Waals surface area contributed by atoms with Gasteiger partial charge in [0, 0.05) is 36.6 Å². The number of rotatable bonds is 12. The van der Waals surface area contributed by atoms with Crippen LogP contribution in [0, 0.1) is 17.8 Å². The largest absolute Gasteiger partial charge is 0.488 e. The maximum Gasteiger partial charge on any atom is 0.407 e. The van der Waals surface area contributed by atoms with E-state index >= 15 is 0 Å². The number of hydrogen-bond donors (Lipinski definition) is 4. The quantitative estimate of drug-likeness (QED) is 0.0982. The van der Waals surface area contributed by atoms with Crippen molar-refractivity contribution in [3.8, 4) is 28.1 Å². The second-order valence-corrected chi connectivity index (χ2v) is 17.6. The molecule has 0 bridgehead atoms. The Balaban J connectivity index is 1.05. The van der Waals surface area contributed by atoms with Gasteiger partial charge in [-0.15, -0.1) is 0 Å². The summed E-state index contributed by atoms with van der Waals surface area (Å²) < 4.78 is 21.6. The van der Waals surface area contributed by atoms with E-state index in [9.17, 15) is 19.2 Å². The summed E-state index contributed by atoms with van der Waals surface area (Å²) in [4.78, 5) is 73.2. The van der Waals surface area contributed by atoms with Gasteiger partial charge in [0.1, 0.15) is 36.1 Å². The number of nitrogens with one attached hydrogen (secondary N) is 4. The first-order valence-electron chi connectivity index (χ1n) is 21.9. The molecule has 8 rings (SSSR count). The summed E-state index contributed by atoms with van der Waals surface area (Å²) >= 11 is 0. The van der Waals surface area contributed by atoms with Gasteiger partial charge in [-0.05, 0) is 84.4 Å². The number of imidazole rings is 2. The van der Waals surface area contributed by atoms with Crippen molar-refractivity contribution in [3.63, 3.8) is 0 Å². The van der Waals surface area contributed by atoms with Gasteiger partial charge in [0.25, 0.3) is 0 Å². The molecule has 0 spiro atoms. The van der Waals surface area contributed by atoms with Gasteiger partial charge in [0.2, 0.25) is 11.8 Å². The number of ether oxygens (including phenoxy) is 4. The molecule has 334 valence electrons. The second-order valence-electron chi connectivity index (χ2n) is 17.6. The van der Waals surface area contributed by atoms with Gasteiger partial charge in [-0.2, -0.15) is 0 Å². The summed E-state index contributed by atoms with van der Waals surface area (Å²) in [5.41, 5.74) is 6.51. The molecule has 2 fully saturated rings. The van der Waals surface area contributed by atoms with E-state index in [1.54, 1.807) is 18.2 Å². The molecule has 4 N–H and O–H groups in total. The predicted octanol–water partition coefficient (Wildman–Crippen LogP) is 7.40. The van der Waals surface area contributed by atoms with Crippen molar-refractivity contribution in [3.05, 3.63) is 65.9 Å². The van der Waals surface area contributed by atoms with Crippen molar-refractivity contribution in [2.45, 2.75) is 97.1 Å². The maximum absolute atomic E-state index is 14.1. The first-order valence-corrected chi connectivity index (χ1v) is 21.9. The number of carbonyl (C=O) groups is 4. The fraction of sp³-hybridized carbons (Fsp3) is 0.489. The van der Waals surface area contributed by atoms with E-state index in [1.807, 2.05) is 45.6 Å². The molecule has 5 heterocycles. The smallest absolute Gasteiger partial charge is 0.407 e. The third-order valence-corrected chi connectivity index (χ3v) is 13.2. The number of benzene rings is 3. The van der Waals surface area contributed by atoms with Crippen molar-refractivity contribution in [2.24, 2.45) is 17.8 Å². The van der Waals surface area contributed by atoms with Crippen molar-refractivity contribution in [1.82, 2.24) is 40.4 Å². The normalized spacial score (nSPS) is 20.8. The van der Waals surface area contributed by atoms with Crippen LogP contribution < -0.4 is 15.4 Å². The number of aromatic amines is 2. The molecular formula is C47H58N8O8. The molecule has 2 unspecified atom stereocenters. The van der Waals surface area contributed by atoms with Crippen LogP contribution in [0.15, 0.2) is 48.7 Å². The molecule has 0 aliphatic carbocycles. The lowest BCUT2D eigenvalue weighted by molar-refractivity contribution is -0.137. The van der Waals surface area contributed by atoms with Crippen LogP contribution in [0.5, 0.6) is 5.75 Å². The summed E-state index contributed by atoms with van der Waals surface area (Å²) in [5, 5.41) is 7.46. The Morgan fingerprint density at radius 1 is 0.889 bits per heavy atom. The number of amides is 4.